The summed E-state index contributed by atoms with van der Waals surface area (Å²) in [5.41, 5.74) is -0.817. The van der Waals surface area contributed by atoms with Crippen LogP contribution in [0.1, 0.15) is 45.4 Å². The first-order chi connectivity index (χ1) is 8.00. The second-order valence-electron chi connectivity index (χ2n) is 4.92. The van der Waals surface area contributed by atoms with E-state index in [2.05, 4.69) is 11.9 Å². The van der Waals surface area contributed by atoms with E-state index >= 15 is 0 Å². The molecular weight excluding hydrogens is 218 g/mol. The van der Waals surface area contributed by atoms with Crippen LogP contribution in [0.2, 0.25) is 0 Å². The van der Waals surface area contributed by atoms with Gasteiger partial charge in [0.05, 0.1) is 5.41 Å². The van der Waals surface area contributed by atoms with Crippen LogP contribution in [-0.2, 0) is 9.59 Å². The van der Waals surface area contributed by atoms with E-state index in [0.29, 0.717) is 19.3 Å². The normalized spacial score (nSPS) is 28.4. The van der Waals surface area contributed by atoms with Crippen LogP contribution < -0.4 is 5.32 Å². The Hall–Kier alpha value is -1.32. The minimum absolute atomic E-state index is 0.0794. The number of hydrogen-bond donors (Lipinski definition) is 2. The molecule has 2 atom stereocenters. The number of hydrogen-bond acceptors (Lipinski definition) is 2. The molecule has 0 aliphatic heterocycles. The van der Waals surface area contributed by atoms with E-state index in [1.165, 1.54) is 0 Å². The summed E-state index contributed by atoms with van der Waals surface area (Å²) in [6.07, 6.45) is 5.99. The maximum Gasteiger partial charge on any atom is 0.311 e. The summed E-state index contributed by atoms with van der Waals surface area (Å²) in [5, 5.41) is 12.1. The molecule has 96 valence electrons. The van der Waals surface area contributed by atoms with Crippen molar-refractivity contribution in [3.63, 3.8) is 0 Å². The fourth-order valence-corrected chi connectivity index (χ4v) is 2.32. The minimum Gasteiger partial charge on any atom is -0.481 e. The molecule has 1 fully saturated rings. The number of carboxylic acids is 1. The Morgan fingerprint density at radius 1 is 1.53 bits per heavy atom. The van der Waals surface area contributed by atoms with Gasteiger partial charge in [0.25, 0.3) is 0 Å². The molecule has 17 heavy (non-hydrogen) atoms. The molecule has 1 saturated carbocycles. The van der Waals surface area contributed by atoms with Gasteiger partial charge >= 0.3 is 5.97 Å². The summed E-state index contributed by atoms with van der Waals surface area (Å²) in [4.78, 5) is 22.9. The lowest BCUT2D eigenvalue weighted by Gasteiger charge is -2.38. The zero-order chi connectivity index (χ0) is 12.9. The molecule has 1 aliphatic carbocycles. The number of allylic oxidation sites excluding steroid dienone is 1. The number of carbonyl (C=O) groups is 2. The monoisotopic (exact) mass is 239 g/mol. The van der Waals surface area contributed by atoms with Crippen molar-refractivity contribution in [2.45, 2.75) is 51.5 Å². The largest absolute Gasteiger partial charge is 0.481 e. The highest BCUT2D eigenvalue weighted by atomic mass is 16.4. The summed E-state index contributed by atoms with van der Waals surface area (Å²) >= 11 is 0. The lowest BCUT2D eigenvalue weighted by molar-refractivity contribution is -0.152. The van der Waals surface area contributed by atoms with E-state index in [1.807, 2.05) is 0 Å². The molecule has 4 nitrogen and oxygen atoms in total. The van der Waals surface area contributed by atoms with Crippen LogP contribution in [0.15, 0.2) is 12.7 Å². The minimum atomic E-state index is -0.817. The van der Waals surface area contributed by atoms with Crippen molar-refractivity contribution >= 4 is 11.9 Å². The number of carboxylic acid groups (broad SMARTS) is 1. The Morgan fingerprint density at radius 2 is 2.24 bits per heavy atom. The van der Waals surface area contributed by atoms with Gasteiger partial charge in [0.15, 0.2) is 0 Å². The maximum absolute atomic E-state index is 11.6. The number of rotatable bonds is 5. The topological polar surface area (TPSA) is 66.4 Å². The van der Waals surface area contributed by atoms with Crippen molar-refractivity contribution in [1.29, 1.82) is 0 Å². The van der Waals surface area contributed by atoms with Crippen LogP contribution >= 0.6 is 0 Å². The van der Waals surface area contributed by atoms with Gasteiger partial charge in [-0.05, 0) is 26.2 Å². The van der Waals surface area contributed by atoms with Crippen LogP contribution in [-0.4, -0.2) is 23.0 Å². The lowest BCUT2D eigenvalue weighted by atomic mass is 9.71. The molecule has 1 rings (SSSR count). The smallest absolute Gasteiger partial charge is 0.311 e. The molecule has 0 aromatic carbocycles. The third-order valence-electron chi connectivity index (χ3n) is 3.61. The van der Waals surface area contributed by atoms with Gasteiger partial charge in [0, 0.05) is 12.5 Å². The van der Waals surface area contributed by atoms with Gasteiger partial charge in [-0.2, -0.15) is 0 Å². The standard InChI is InChI=1S/C13H21NO3/c1-3-4-8-11(15)14-10-7-5-6-9-13(10,2)12(16)17/h3,10H,1,4-9H2,2H3,(H,14,15)(H,16,17). The molecule has 0 bridgehead atoms. The van der Waals surface area contributed by atoms with Crippen molar-refractivity contribution < 1.29 is 14.7 Å². The van der Waals surface area contributed by atoms with E-state index in [0.717, 1.165) is 19.3 Å². The van der Waals surface area contributed by atoms with Crippen LogP contribution in [0, 0.1) is 5.41 Å². The van der Waals surface area contributed by atoms with Crippen molar-refractivity contribution in [2.75, 3.05) is 0 Å². The molecule has 0 aromatic rings. The first-order valence-electron chi connectivity index (χ1n) is 6.14. The molecular formula is C13H21NO3. The fourth-order valence-electron chi connectivity index (χ4n) is 2.32. The molecule has 0 aromatic heterocycles. The number of carbonyl (C=O) groups excluding carboxylic acids is 1. The zero-order valence-corrected chi connectivity index (χ0v) is 10.4. The first kappa shape index (κ1) is 13.7. The van der Waals surface area contributed by atoms with Gasteiger partial charge in [-0.25, -0.2) is 0 Å². The van der Waals surface area contributed by atoms with Crippen LogP contribution in [0.3, 0.4) is 0 Å². The van der Waals surface area contributed by atoms with Crippen molar-refractivity contribution in [3.8, 4) is 0 Å². The lowest BCUT2D eigenvalue weighted by Crippen LogP contribution is -2.52. The second-order valence-corrected chi connectivity index (χ2v) is 4.92. The number of nitrogens with one attached hydrogen (secondary N) is 1. The Labute approximate surface area is 102 Å². The predicted molar refractivity (Wildman–Crippen MR) is 65.6 cm³/mol. The van der Waals surface area contributed by atoms with Crippen molar-refractivity contribution in [2.24, 2.45) is 5.41 Å². The fraction of sp³-hybridized carbons (Fsp3) is 0.692. The summed E-state index contributed by atoms with van der Waals surface area (Å²) in [6.45, 7) is 5.29. The number of aliphatic carboxylic acids is 1. The van der Waals surface area contributed by atoms with E-state index in [9.17, 15) is 14.7 Å². The molecule has 2 unspecified atom stereocenters. The average molecular weight is 239 g/mol. The summed E-state index contributed by atoms with van der Waals surface area (Å²) < 4.78 is 0. The Kier molecular flexibility index (Phi) is 4.73. The van der Waals surface area contributed by atoms with Crippen LogP contribution in [0.25, 0.3) is 0 Å². The van der Waals surface area contributed by atoms with Gasteiger partial charge in [0.1, 0.15) is 0 Å². The van der Waals surface area contributed by atoms with Crippen LogP contribution in [0.4, 0.5) is 0 Å². The summed E-state index contributed by atoms with van der Waals surface area (Å²) in [7, 11) is 0. The van der Waals surface area contributed by atoms with Gasteiger partial charge in [-0.15, -0.1) is 6.58 Å². The molecule has 0 saturated heterocycles. The average Bonchev–Trinajstić information content (AvgIpc) is 2.29. The summed E-state index contributed by atoms with van der Waals surface area (Å²) in [6, 6.07) is -0.244. The van der Waals surface area contributed by atoms with Gasteiger partial charge in [-0.1, -0.05) is 18.9 Å². The molecule has 1 aliphatic rings. The zero-order valence-electron chi connectivity index (χ0n) is 10.4. The molecule has 1 amide bonds. The van der Waals surface area contributed by atoms with Gasteiger partial charge < -0.3 is 10.4 Å². The highest BCUT2D eigenvalue weighted by Gasteiger charge is 2.43. The maximum atomic E-state index is 11.6. The predicted octanol–water partition coefficient (Wildman–Crippen LogP) is 2.10. The first-order valence-corrected chi connectivity index (χ1v) is 6.14. The quantitative estimate of drug-likeness (QED) is 0.722. The van der Waals surface area contributed by atoms with Crippen LogP contribution in [0.5, 0.6) is 0 Å². The third-order valence-corrected chi connectivity index (χ3v) is 3.61. The molecule has 0 radical (unpaired) electrons. The SMILES string of the molecule is C=CCCC(=O)NC1CCCCC1(C)C(=O)O. The van der Waals surface area contributed by atoms with Gasteiger partial charge in [-0.3, -0.25) is 9.59 Å². The molecule has 2 N–H and O–H groups in total. The number of amides is 1. The Balaban J connectivity index is 2.63. The third kappa shape index (κ3) is 3.32. The van der Waals surface area contributed by atoms with E-state index in [1.54, 1.807) is 13.0 Å². The van der Waals surface area contributed by atoms with Gasteiger partial charge in [0.2, 0.25) is 5.91 Å². The molecule has 4 heteroatoms. The molecule has 0 spiro atoms. The summed E-state index contributed by atoms with van der Waals surface area (Å²) in [5.74, 6) is -0.893. The van der Waals surface area contributed by atoms with Crippen molar-refractivity contribution in [1.82, 2.24) is 5.32 Å². The second kappa shape index (κ2) is 5.84. The Morgan fingerprint density at radius 3 is 2.82 bits per heavy atom. The molecule has 0 heterocycles. The Bertz CT molecular complexity index is 314. The highest BCUT2D eigenvalue weighted by molar-refractivity contribution is 5.80. The van der Waals surface area contributed by atoms with E-state index in [-0.39, 0.29) is 11.9 Å². The van der Waals surface area contributed by atoms with E-state index < -0.39 is 11.4 Å². The van der Waals surface area contributed by atoms with E-state index in [4.69, 9.17) is 0 Å². The van der Waals surface area contributed by atoms with Crippen molar-refractivity contribution in [3.05, 3.63) is 12.7 Å². The highest BCUT2D eigenvalue weighted by Crippen LogP contribution is 2.36.